The van der Waals surface area contributed by atoms with E-state index in [1.54, 1.807) is 27.0 Å². The Hall–Kier alpha value is -2.72. The standard InChI is InChI=1S/C20H27N5O4S/c1-20(2,3)23-30(28,29)16-6-7-17(18(13-16)25(26)27)22-14-15-8-9-21-19(12-15)24-10-4-5-11-24/h6-9,12-13,22-23H,4-5,10-11,14H2,1-3H3. The van der Waals surface area contributed by atoms with Crippen LogP contribution in [0, 0.1) is 10.1 Å². The Kier molecular flexibility index (Phi) is 6.27. The van der Waals surface area contributed by atoms with Crippen LogP contribution in [-0.4, -0.2) is 37.0 Å². The average Bonchev–Trinajstić information content (AvgIpc) is 3.19. The number of pyridine rings is 1. The van der Waals surface area contributed by atoms with Gasteiger partial charge in [0.2, 0.25) is 10.0 Å². The molecule has 0 amide bonds. The van der Waals surface area contributed by atoms with Crippen molar-refractivity contribution in [2.45, 2.75) is 50.6 Å². The minimum absolute atomic E-state index is 0.144. The molecule has 30 heavy (non-hydrogen) atoms. The van der Waals surface area contributed by atoms with Gasteiger partial charge in [-0.1, -0.05) is 0 Å². The molecule has 10 heteroatoms. The molecule has 0 bridgehead atoms. The Morgan fingerprint density at radius 2 is 1.87 bits per heavy atom. The highest BCUT2D eigenvalue weighted by molar-refractivity contribution is 7.89. The van der Waals surface area contributed by atoms with Crippen molar-refractivity contribution in [3.05, 3.63) is 52.2 Å². The fourth-order valence-electron chi connectivity index (χ4n) is 3.33. The maximum absolute atomic E-state index is 12.5. The van der Waals surface area contributed by atoms with E-state index in [0.717, 1.165) is 43.4 Å². The van der Waals surface area contributed by atoms with E-state index in [1.807, 2.05) is 12.1 Å². The lowest BCUT2D eigenvalue weighted by Crippen LogP contribution is -2.40. The van der Waals surface area contributed by atoms with Gasteiger partial charge in [-0.15, -0.1) is 0 Å². The summed E-state index contributed by atoms with van der Waals surface area (Å²) < 4.78 is 27.5. The monoisotopic (exact) mass is 433 g/mol. The molecule has 9 nitrogen and oxygen atoms in total. The lowest BCUT2D eigenvalue weighted by atomic mass is 10.1. The van der Waals surface area contributed by atoms with Crippen LogP contribution < -0.4 is 14.9 Å². The fourth-order valence-corrected chi connectivity index (χ4v) is 4.77. The molecule has 2 heterocycles. The predicted octanol–water partition coefficient (Wildman–Crippen LogP) is 3.28. The highest BCUT2D eigenvalue weighted by Gasteiger charge is 2.25. The van der Waals surface area contributed by atoms with E-state index in [2.05, 4.69) is 19.9 Å². The molecule has 2 aromatic rings. The second kappa shape index (κ2) is 8.57. The van der Waals surface area contributed by atoms with Crippen molar-refractivity contribution >= 4 is 27.2 Å². The summed E-state index contributed by atoms with van der Waals surface area (Å²) in [5.74, 6) is 0.899. The molecule has 0 atom stereocenters. The maximum atomic E-state index is 12.5. The van der Waals surface area contributed by atoms with Crippen LogP contribution in [0.2, 0.25) is 0 Å². The molecule has 2 N–H and O–H groups in total. The highest BCUT2D eigenvalue weighted by Crippen LogP contribution is 2.29. The van der Waals surface area contributed by atoms with Crippen LogP contribution in [0.15, 0.2) is 41.4 Å². The molecule has 1 aromatic heterocycles. The summed E-state index contributed by atoms with van der Waals surface area (Å²) in [6.45, 7) is 7.44. The molecule has 1 aliphatic rings. The minimum atomic E-state index is -3.87. The number of nitrogens with one attached hydrogen (secondary N) is 2. The van der Waals surface area contributed by atoms with Gasteiger partial charge in [0.05, 0.1) is 9.82 Å². The van der Waals surface area contributed by atoms with E-state index in [0.29, 0.717) is 6.54 Å². The second-order valence-electron chi connectivity index (χ2n) is 8.36. The van der Waals surface area contributed by atoms with Crippen LogP contribution in [0.1, 0.15) is 39.2 Å². The Bertz CT molecular complexity index is 1030. The van der Waals surface area contributed by atoms with Crippen molar-refractivity contribution in [3.8, 4) is 0 Å². The first kappa shape index (κ1) is 22.0. The molecule has 1 saturated heterocycles. The van der Waals surface area contributed by atoms with Crippen molar-refractivity contribution in [1.29, 1.82) is 0 Å². The summed E-state index contributed by atoms with van der Waals surface area (Å²) in [4.78, 5) is 17.5. The van der Waals surface area contributed by atoms with E-state index < -0.39 is 20.5 Å². The van der Waals surface area contributed by atoms with Crippen molar-refractivity contribution < 1.29 is 13.3 Å². The smallest absolute Gasteiger partial charge is 0.293 e. The van der Waals surface area contributed by atoms with E-state index in [1.165, 1.54) is 12.1 Å². The van der Waals surface area contributed by atoms with E-state index >= 15 is 0 Å². The molecule has 1 aliphatic heterocycles. The number of benzene rings is 1. The number of sulfonamides is 1. The van der Waals surface area contributed by atoms with Crippen LogP contribution in [0.3, 0.4) is 0 Å². The molecule has 3 rings (SSSR count). The molecule has 1 aromatic carbocycles. The summed E-state index contributed by atoms with van der Waals surface area (Å²) in [7, 11) is -3.87. The van der Waals surface area contributed by atoms with Gasteiger partial charge >= 0.3 is 0 Å². The number of aromatic nitrogens is 1. The third-order valence-corrected chi connectivity index (χ3v) is 6.40. The molecule has 0 spiro atoms. The minimum Gasteiger partial charge on any atom is -0.375 e. The van der Waals surface area contributed by atoms with Gasteiger partial charge in [-0.3, -0.25) is 10.1 Å². The summed E-state index contributed by atoms with van der Waals surface area (Å²) in [5, 5.41) is 14.6. The van der Waals surface area contributed by atoms with Gasteiger partial charge in [0.1, 0.15) is 11.5 Å². The zero-order valence-corrected chi connectivity index (χ0v) is 18.2. The Morgan fingerprint density at radius 3 is 2.50 bits per heavy atom. The first-order valence-electron chi connectivity index (χ1n) is 9.81. The van der Waals surface area contributed by atoms with Gasteiger partial charge in [0, 0.05) is 37.4 Å². The number of nitrogens with zero attached hydrogens (tertiary/aromatic N) is 3. The molecule has 0 radical (unpaired) electrons. The molecule has 162 valence electrons. The van der Waals surface area contributed by atoms with Crippen molar-refractivity contribution in [2.24, 2.45) is 0 Å². The van der Waals surface area contributed by atoms with Gasteiger partial charge in [0.25, 0.3) is 5.69 Å². The van der Waals surface area contributed by atoms with E-state index in [9.17, 15) is 18.5 Å². The normalized spacial score (nSPS) is 14.7. The molecule has 1 fully saturated rings. The fraction of sp³-hybridized carbons (Fsp3) is 0.450. The number of hydrogen-bond donors (Lipinski definition) is 2. The summed E-state index contributed by atoms with van der Waals surface area (Å²) >= 11 is 0. The lowest BCUT2D eigenvalue weighted by Gasteiger charge is -2.20. The second-order valence-corrected chi connectivity index (χ2v) is 10.0. The number of nitro groups is 1. The van der Waals surface area contributed by atoms with E-state index in [4.69, 9.17) is 0 Å². The SMILES string of the molecule is CC(C)(C)NS(=O)(=O)c1ccc(NCc2ccnc(N3CCCC3)c2)c([N+](=O)[O-])c1. The predicted molar refractivity (Wildman–Crippen MR) is 116 cm³/mol. The zero-order valence-electron chi connectivity index (χ0n) is 17.4. The molecular formula is C20H27N5O4S. The topological polar surface area (TPSA) is 117 Å². The third kappa shape index (κ3) is 5.45. The number of anilines is 2. The molecule has 0 unspecified atom stereocenters. The summed E-state index contributed by atoms with van der Waals surface area (Å²) in [6.07, 6.45) is 4.03. The average molecular weight is 434 g/mol. The quantitative estimate of drug-likeness (QED) is 0.508. The van der Waals surface area contributed by atoms with Crippen LogP contribution in [0.4, 0.5) is 17.2 Å². The number of rotatable bonds is 7. The first-order valence-corrected chi connectivity index (χ1v) is 11.3. The summed E-state index contributed by atoms with van der Waals surface area (Å²) in [6, 6.07) is 7.70. The first-order chi connectivity index (χ1) is 14.0. The van der Waals surface area contributed by atoms with Crippen molar-refractivity contribution in [1.82, 2.24) is 9.71 Å². The van der Waals surface area contributed by atoms with Gasteiger partial charge in [-0.05, 0) is 63.4 Å². The maximum Gasteiger partial charge on any atom is 0.293 e. The van der Waals surface area contributed by atoms with Gasteiger partial charge in [-0.25, -0.2) is 18.1 Å². The van der Waals surface area contributed by atoms with Gasteiger partial charge in [-0.2, -0.15) is 0 Å². The Morgan fingerprint density at radius 1 is 1.17 bits per heavy atom. The lowest BCUT2D eigenvalue weighted by molar-refractivity contribution is -0.384. The molecular weight excluding hydrogens is 406 g/mol. The number of nitro benzene ring substituents is 1. The van der Waals surface area contributed by atoms with Crippen LogP contribution in [-0.2, 0) is 16.6 Å². The molecule has 0 saturated carbocycles. The van der Waals surface area contributed by atoms with Crippen LogP contribution >= 0.6 is 0 Å². The van der Waals surface area contributed by atoms with Crippen molar-refractivity contribution in [3.63, 3.8) is 0 Å². The Labute approximate surface area is 176 Å². The Balaban J connectivity index is 1.80. The number of hydrogen-bond acceptors (Lipinski definition) is 7. The third-order valence-electron chi connectivity index (χ3n) is 4.64. The highest BCUT2D eigenvalue weighted by atomic mass is 32.2. The summed E-state index contributed by atoms with van der Waals surface area (Å²) in [5.41, 5.74) is 0.209. The van der Waals surface area contributed by atoms with Crippen LogP contribution in [0.25, 0.3) is 0 Å². The largest absolute Gasteiger partial charge is 0.375 e. The van der Waals surface area contributed by atoms with Crippen molar-refractivity contribution in [2.75, 3.05) is 23.3 Å². The van der Waals surface area contributed by atoms with Crippen LogP contribution in [0.5, 0.6) is 0 Å². The van der Waals surface area contributed by atoms with Gasteiger partial charge in [0.15, 0.2) is 0 Å². The molecule has 0 aliphatic carbocycles. The van der Waals surface area contributed by atoms with E-state index in [-0.39, 0.29) is 16.3 Å². The van der Waals surface area contributed by atoms with Gasteiger partial charge < -0.3 is 10.2 Å². The zero-order chi connectivity index (χ0) is 21.9.